The van der Waals surface area contributed by atoms with Crippen molar-refractivity contribution in [1.82, 2.24) is 0 Å². The van der Waals surface area contributed by atoms with Crippen LogP contribution in [0.2, 0.25) is 11.0 Å². The second kappa shape index (κ2) is 4.96. The molecule has 0 aromatic heterocycles. The van der Waals surface area contributed by atoms with Crippen LogP contribution in [0.15, 0.2) is 30.3 Å². The van der Waals surface area contributed by atoms with Crippen LogP contribution in [-0.2, 0) is 5.75 Å². The Bertz CT molecular complexity index is 196. The van der Waals surface area contributed by atoms with Crippen LogP contribution in [-0.4, -0.2) is 15.0 Å². The van der Waals surface area contributed by atoms with Gasteiger partial charge in [0.15, 0.2) is 0 Å². The van der Waals surface area contributed by atoms with Crippen molar-refractivity contribution < 1.29 is 0 Å². The molecular formula is C9H13GaS. The van der Waals surface area contributed by atoms with Crippen LogP contribution in [0.4, 0.5) is 0 Å². The van der Waals surface area contributed by atoms with E-state index in [1.807, 2.05) is 0 Å². The summed E-state index contributed by atoms with van der Waals surface area (Å²) in [5.74, 6) is 1.22. The van der Waals surface area contributed by atoms with Crippen molar-refractivity contribution in [3.8, 4) is 0 Å². The Balaban J connectivity index is 2.39. The van der Waals surface area contributed by atoms with Gasteiger partial charge >= 0.3 is 77.3 Å². The molecular weight excluding hydrogens is 210 g/mol. The summed E-state index contributed by atoms with van der Waals surface area (Å²) in [6.07, 6.45) is 0. The first-order valence-corrected chi connectivity index (χ1v) is 12.8. The van der Waals surface area contributed by atoms with Crippen molar-refractivity contribution in [2.24, 2.45) is 0 Å². The minimum atomic E-state index is -0.828. The Kier molecular flexibility index (Phi) is 4.19. The van der Waals surface area contributed by atoms with Gasteiger partial charge in [-0.3, -0.25) is 0 Å². The molecule has 0 aliphatic heterocycles. The van der Waals surface area contributed by atoms with Crippen LogP contribution in [0.3, 0.4) is 0 Å². The maximum atomic E-state index is 2.42. The zero-order valence-corrected chi connectivity index (χ0v) is 10.3. The molecule has 0 atom stereocenters. The third-order valence-electron chi connectivity index (χ3n) is 1.43. The van der Waals surface area contributed by atoms with Crippen LogP contribution in [0.25, 0.3) is 0 Å². The molecule has 0 fully saturated rings. The molecule has 11 heavy (non-hydrogen) atoms. The van der Waals surface area contributed by atoms with Gasteiger partial charge in [-0.25, -0.2) is 0 Å². The molecule has 1 aromatic carbocycles. The minimum absolute atomic E-state index is 0.828. The number of rotatable bonds is 3. The molecule has 0 saturated carbocycles. The molecule has 1 rings (SSSR count). The predicted octanol–water partition coefficient (Wildman–Crippen LogP) is 3.17. The monoisotopic (exact) mass is 222 g/mol. The van der Waals surface area contributed by atoms with E-state index < -0.39 is 15.0 Å². The van der Waals surface area contributed by atoms with Gasteiger partial charge in [-0.1, -0.05) is 0 Å². The van der Waals surface area contributed by atoms with E-state index >= 15 is 0 Å². The predicted molar refractivity (Wildman–Crippen MR) is 55.2 cm³/mol. The van der Waals surface area contributed by atoms with E-state index in [1.165, 1.54) is 11.3 Å². The summed E-state index contributed by atoms with van der Waals surface area (Å²) < 4.78 is 0. The van der Waals surface area contributed by atoms with Crippen LogP contribution < -0.4 is 0 Å². The molecule has 0 aliphatic carbocycles. The molecule has 0 heterocycles. The van der Waals surface area contributed by atoms with Gasteiger partial charge in [-0.05, 0) is 0 Å². The Morgan fingerprint density at radius 3 is 2.36 bits per heavy atom. The van der Waals surface area contributed by atoms with E-state index in [0.29, 0.717) is 0 Å². The van der Waals surface area contributed by atoms with Crippen molar-refractivity contribution in [1.29, 1.82) is 0 Å². The zero-order chi connectivity index (χ0) is 8.10. The summed E-state index contributed by atoms with van der Waals surface area (Å²) in [5, 5.41) is 0. The van der Waals surface area contributed by atoms with Crippen LogP contribution in [0.5, 0.6) is 0 Å². The molecule has 0 amide bonds. The standard InChI is InChI=1S/C7H8S.2CH3.Ga/c8-6-7-4-2-1-3-5-7;;;/h1-5,8H,6H2;2*1H3;/q;;;+1/p-1. The first-order chi connectivity index (χ1) is 5.29. The number of benzene rings is 1. The van der Waals surface area contributed by atoms with E-state index in [9.17, 15) is 0 Å². The fourth-order valence-corrected chi connectivity index (χ4v) is 4.86. The molecule has 0 saturated heterocycles. The summed E-state index contributed by atoms with van der Waals surface area (Å²) in [5.41, 5.74) is 6.30. The van der Waals surface area contributed by atoms with Gasteiger partial charge in [-0.2, -0.15) is 0 Å². The molecule has 0 aliphatic rings. The van der Waals surface area contributed by atoms with Crippen LogP contribution in [0, 0.1) is 0 Å². The van der Waals surface area contributed by atoms with Gasteiger partial charge in [0, 0.05) is 0 Å². The Morgan fingerprint density at radius 2 is 1.82 bits per heavy atom. The Labute approximate surface area is 77.2 Å². The van der Waals surface area contributed by atoms with E-state index in [4.69, 9.17) is 0 Å². The van der Waals surface area contributed by atoms with Gasteiger partial charge in [0.05, 0.1) is 0 Å². The van der Waals surface area contributed by atoms with Crippen molar-refractivity contribution in [2.45, 2.75) is 16.7 Å². The molecule has 0 radical (unpaired) electrons. The molecule has 0 spiro atoms. The van der Waals surface area contributed by atoms with Crippen molar-refractivity contribution in [2.75, 3.05) is 0 Å². The Hall–Kier alpha value is 0.206. The summed E-state index contributed by atoms with van der Waals surface area (Å²) in [6.45, 7) is 0. The van der Waals surface area contributed by atoms with Gasteiger partial charge in [0.25, 0.3) is 0 Å². The van der Waals surface area contributed by atoms with Gasteiger partial charge in [-0.15, -0.1) is 0 Å². The summed E-state index contributed by atoms with van der Waals surface area (Å²) >= 11 is -0.828. The normalized spacial score (nSPS) is 9.64. The first kappa shape index (κ1) is 9.30. The second-order valence-corrected chi connectivity index (χ2v) is 14.9. The SMILES string of the molecule is [CH3][Ga]([CH3])[S]Cc1ccccc1. The van der Waals surface area contributed by atoms with Crippen LogP contribution in [0.1, 0.15) is 5.56 Å². The topological polar surface area (TPSA) is 0 Å². The van der Waals surface area contributed by atoms with Crippen molar-refractivity contribution >= 4 is 24.7 Å². The van der Waals surface area contributed by atoms with Crippen molar-refractivity contribution in [3.05, 3.63) is 35.9 Å². The molecule has 0 bridgehead atoms. The fraction of sp³-hybridized carbons (Fsp3) is 0.333. The third kappa shape index (κ3) is 3.94. The number of hydrogen-bond donors (Lipinski definition) is 0. The van der Waals surface area contributed by atoms with Gasteiger partial charge in [0.1, 0.15) is 0 Å². The second-order valence-electron chi connectivity index (χ2n) is 2.85. The third-order valence-corrected chi connectivity index (χ3v) is 7.84. The molecule has 58 valence electrons. The summed E-state index contributed by atoms with van der Waals surface area (Å²) in [7, 11) is 2.17. The summed E-state index contributed by atoms with van der Waals surface area (Å²) in [6, 6.07) is 10.7. The van der Waals surface area contributed by atoms with E-state index in [-0.39, 0.29) is 0 Å². The molecule has 0 unspecified atom stereocenters. The maximum absolute atomic E-state index is 2.42. The summed E-state index contributed by atoms with van der Waals surface area (Å²) in [4.78, 5) is 0. The first-order valence-electron chi connectivity index (χ1n) is 3.94. The van der Waals surface area contributed by atoms with Crippen molar-refractivity contribution in [3.63, 3.8) is 0 Å². The molecule has 2 heteroatoms. The molecule has 0 N–H and O–H groups in total. The van der Waals surface area contributed by atoms with Gasteiger partial charge < -0.3 is 0 Å². The van der Waals surface area contributed by atoms with E-state index in [0.717, 1.165) is 0 Å². The van der Waals surface area contributed by atoms with E-state index in [1.54, 1.807) is 0 Å². The Morgan fingerprint density at radius 1 is 1.18 bits per heavy atom. The molecule has 1 aromatic rings. The zero-order valence-electron chi connectivity index (χ0n) is 7.08. The molecule has 0 nitrogen and oxygen atoms in total. The number of hydrogen-bond acceptors (Lipinski definition) is 1. The average molecular weight is 223 g/mol. The quantitative estimate of drug-likeness (QED) is 0.709. The van der Waals surface area contributed by atoms with Crippen LogP contribution >= 0.6 is 9.70 Å². The fourth-order valence-electron chi connectivity index (χ4n) is 0.837. The van der Waals surface area contributed by atoms with E-state index in [2.05, 4.69) is 51.0 Å². The average Bonchev–Trinajstić information content (AvgIpc) is 2.03. The van der Waals surface area contributed by atoms with Gasteiger partial charge in [0.2, 0.25) is 0 Å².